The summed E-state index contributed by atoms with van der Waals surface area (Å²) in [5, 5.41) is 0. The number of piperazine rings is 1. The van der Waals surface area contributed by atoms with Gasteiger partial charge in [0.1, 0.15) is 5.82 Å². The molecule has 0 aromatic carbocycles. The number of hydrogen-bond donors (Lipinski definition) is 0. The summed E-state index contributed by atoms with van der Waals surface area (Å²) < 4.78 is 23.2. The molecule has 1 atom stereocenters. The van der Waals surface area contributed by atoms with Crippen LogP contribution in [0, 0.1) is 0 Å². The number of pyridine rings is 1. The van der Waals surface area contributed by atoms with Crippen LogP contribution in [0.5, 0.6) is 0 Å². The molecule has 0 bridgehead atoms. The molecule has 8 heteroatoms. The number of rotatable bonds is 3. The Morgan fingerprint density at radius 2 is 1.96 bits per heavy atom. The number of hydrogen-bond acceptors (Lipinski definition) is 6. The molecular weight excluding hydrogens is 328 g/mol. The number of sulfone groups is 1. The molecule has 7 nitrogen and oxygen atoms in total. The standard InChI is InChI=1S/C16H24N4O3S/c1-18-6-8-20(9-7-18)15-4-3-13(11-17-15)16(21)19(2)14-5-10-24(22,23)12-14/h3-4,11,14H,5-10,12H2,1-2H3. The maximum atomic E-state index is 12.5. The summed E-state index contributed by atoms with van der Waals surface area (Å²) in [6, 6.07) is 3.42. The molecule has 2 aliphatic rings. The average molecular weight is 352 g/mol. The van der Waals surface area contributed by atoms with Crippen LogP contribution in [0.1, 0.15) is 16.8 Å². The summed E-state index contributed by atoms with van der Waals surface area (Å²) in [5.41, 5.74) is 0.500. The van der Waals surface area contributed by atoms with Gasteiger partial charge in [-0.05, 0) is 25.6 Å². The fraction of sp³-hybridized carbons (Fsp3) is 0.625. The molecule has 1 aromatic rings. The van der Waals surface area contributed by atoms with E-state index in [9.17, 15) is 13.2 Å². The van der Waals surface area contributed by atoms with Crippen molar-refractivity contribution in [3.63, 3.8) is 0 Å². The average Bonchev–Trinajstić information content (AvgIpc) is 2.94. The highest BCUT2D eigenvalue weighted by Gasteiger charge is 2.33. The number of carbonyl (C=O) groups excluding carboxylic acids is 1. The van der Waals surface area contributed by atoms with E-state index >= 15 is 0 Å². The van der Waals surface area contributed by atoms with Gasteiger partial charge in [0.05, 0.1) is 17.1 Å². The molecule has 3 heterocycles. The lowest BCUT2D eigenvalue weighted by molar-refractivity contribution is 0.0747. The largest absolute Gasteiger partial charge is 0.354 e. The Morgan fingerprint density at radius 3 is 2.50 bits per heavy atom. The molecule has 24 heavy (non-hydrogen) atoms. The van der Waals surface area contributed by atoms with Gasteiger partial charge in [0.25, 0.3) is 5.91 Å². The van der Waals surface area contributed by atoms with Crippen molar-refractivity contribution in [2.45, 2.75) is 12.5 Å². The lowest BCUT2D eigenvalue weighted by Gasteiger charge is -2.33. The topological polar surface area (TPSA) is 73.8 Å². The minimum Gasteiger partial charge on any atom is -0.354 e. The van der Waals surface area contributed by atoms with Crippen LogP contribution in [0.3, 0.4) is 0 Å². The zero-order valence-electron chi connectivity index (χ0n) is 14.2. The first kappa shape index (κ1) is 17.2. The normalized spacial score (nSPS) is 24.1. The quantitative estimate of drug-likeness (QED) is 0.768. The molecule has 0 radical (unpaired) electrons. The van der Waals surface area contributed by atoms with Crippen LogP contribution in [0.15, 0.2) is 18.3 Å². The Bertz CT molecular complexity index is 697. The maximum absolute atomic E-state index is 12.5. The van der Waals surface area contributed by atoms with Gasteiger partial charge in [0, 0.05) is 45.5 Å². The summed E-state index contributed by atoms with van der Waals surface area (Å²) in [5.74, 6) is 0.929. The van der Waals surface area contributed by atoms with E-state index < -0.39 is 9.84 Å². The summed E-state index contributed by atoms with van der Waals surface area (Å²) in [7, 11) is 0.770. The first-order chi connectivity index (χ1) is 11.4. The molecule has 1 amide bonds. The number of aromatic nitrogens is 1. The first-order valence-corrected chi connectivity index (χ1v) is 10.0. The predicted molar refractivity (Wildman–Crippen MR) is 93.1 cm³/mol. The molecule has 0 spiro atoms. The fourth-order valence-electron chi connectivity index (χ4n) is 3.19. The van der Waals surface area contributed by atoms with Crippen LogP contribution in [-0.4, -0.2) is 86.9 Å². The van der Waals surface area contributed by atoms with E-state index in [0.29, 0.717) is 12.0 Å². The summed E-state index contributed by atoms with van der Waals surface area (Å²) in [6.07, 6.45) is 2.10. The minimum absolute atomic E-state index is 0.0576. The van der Waals surface area contributed by atoms with Gasteiger partial charge >= 0.3 is 0 Å². The van der Waals surface area contributed by atoms with Gasteiger partial charge in [-0.2, -0.15) is 0 Å². The van der Waals surface area contributed by atoms with Crippen molar-refractivity contribution in [2.24, 2.45) is 0 Å². The molecule has 132 valence electrons. The Kier molecular flexibility index (Phi) is 4.78. The highest BCUT2D eigenvalue weighted by Crippen LogP contribution is 2.19. The molecule has 2 aliphatic heterocycles. The number of nitrogens with zero attached hydrogens (tertiary/aromatic N) is 4. The fourth-order valence-corrected chi connectivity index (χ4v) is 4.96. The molecular formula is C16H24N4O3S. The van der Waals surface area contributed by atoms with Crippen molar-refractivity contribution in [2.75, 3.05) is 56.7 Å². The van der Waals surface area contributed by atoms with E-state index in [2.05, 4.69) is 21.8 Å². The van der Waals surface area contributed by atoms with E-state index in [-0.39, 0.29) is 23.5 Å². The van der Waals surface area contributed by atoms with Crippen molar-refractivity contribution in [1.82, 2.24) is 14.8 Å². The Balaban J connectivity index is 1.65. The summed E-state index contributed by atoms with van der Waals surface area (Å²) in [4.78, 5) is 23.0. The predicted octanol–water partition coefficient (Wildman–Crippen LogP) is 0.0925. The van der Waals surface area contributed by atoms with Crippen molar-refractivity contribution in [1.29, 1.82) is 0 Å². The molecule has 0 aliphatic carbocycles. The number of amides is 1. The maximum Gasteiger partial charge on any atom is 0.255 e. The Labute approximate surface area is 143 Å². The number of carbonyl (C=O) groups is 1. The molecule has 2 saturated heterocycles. The van der Waals surface area contributed by atoms with Gasteiger partial charge in [-0.25, -0.2) is 13.4 Å². The minimum atomic E-state index is -3.00. The van der Waals surface area contributed by atoms with E-state index in [1.54, 1.807) is 19.3 Å². The lowest BCUT2D eigenvalue weighted by atomic mass is 10.2. The van der Waals surface area contributed by atoms with E-state index in [1.807, 2.05) is 6.07 Å². The SMILES string of the molecule is CN1CCN(c2ccc(C(=O)N(C)C3CCS(=O)(=O)C3)cn2)CC1. The van der Waals surface area contributed by atoms with Crippen molar-refractivity contribution >= 4 is 21.6 Å². The van der Waals surface area contributed by atoms with Crippen LogP contribution >= 0.6 is 0 Å². The number of anilines is 1. The zero-order chi connectivity index (χ0) is 17.3. The smallest absolute Gasteiger partial charge is 0.255 e. The van der Waals surface area contributed by atoms with Gasteiger partial charge in [0.2, 0.25) is 0 Å². The van der Waals surface area contributed by atoms with Crippen LogP contribution < -0.4 is 4.90 Å². The van der Waals surface area contributed by atoms with E-state index in [0.717, 1.165) is 32.0 Å². The van der Waals surface area contributed by atoms with Gasteiger partial charge < -0.3 is 14.7 Å². The van der Waals surface area contributed by atoms with Crippen LogP contribution in [0.2, 0.25) is 0 Å². The molecule has 3 rings (SSSR count). The second kappa shape index (κ2) is 6.68. The van der Waals surface area contributed by atoms with E-state index in [1.165, 1.54) is 4.90 Å². The monoisotopic (exact) mass is 352 g/mol. The van der Waals surface area contributed by atoms with Gasteiger partial charge in [0.15, 0.2) is 9.84 Å². The van der Waals surface area contributed by atoms with Crippen molar-refractivity contribution in [3.05, 3.63) is 23.9 Å². The highest BCUT2D eigenvalue weighted by molar-refractivity contribution is 7.91. The summed E-state index contributed by atoms with van der Waals surface area (Å²) in [6.45, 7) is 3.86. The van der Waals surface area contributed by atoms with Gasteiger partial charge in [-0.15, -0.1) is 0 Å². The van der Waals surface area contributed by atoms with Gasteiger partial charge in [-0.1, -0.05) is 0 Å². The third kappa shape index (κ3) is 3.70. The molecule has 0 saturated carbocycles. The van der Waals surface area contributed by atoms with E-state index in [4.69, 9.17) is 0 Å². The Hall–Kier alpha value is -1.67. The highest BCUT2D eigenvalue weighted by atomic mass is 32.2. The Morgan fingerprint density at radius 1 is 1.25 bits per heavy atom. The van der Waals surface area contributed by atoms with Crippen LogP contribution in [0.4, 0.5) is 5.82 Å². The number of likely N-dealkylation sites (N-methyl/N-ethyl adjacent to an activating group) is 1. The van der Waals surface area contributed by atoms with Crippen LogP contribution in [0.25, 0.3) is 0 Å². The molecule has 2 fully saturated rings. The second-order valence-corrected chi connectivity index (χ2v) is 8.90. The molecule has 1 aromatic heterocycles. The lowest BCUT2D eigenvalue weighted by Crippen LogP contribution is -2.44. The van der Waals surface area contributed by atoms with Crippen molar-refractivity contribution < 1.29 is 13.2 Å². The second-order valence-electron chi connectivity index (χ2n) is 6.67. The third-order valence-electron chi connectivity index (χ3n) is 4.90. The molecule has 0 N–H and O–H groups in total. The third-order valence-corrected chi connectivity index (χ3v) is 6.65. The van der Waals surface area contributed by atoms with Crippen molar-refractivity contribution in [3.8, 4) is 0 Å². The molecule has 1 unspecified atom stereocenters. The summed E-state index contributed by atoms with van der Waals surface area (Å²) >= 11 is 0. The zero-order valence-corrected chi connectivity index (χ0v) is 15.0. The van der Waals surface area contributed by atoms with Crippen LogP contribution in [-0.2, 0) is 9.84 Å². The van der Waals surface area contributed by atoms with Gasteiger partial charge in [-0.3, -0.25) is 4.79 Å². The first-order valence-electron chi connectivity index (χ1n) is 8.23.